The van der Waals surface area contributed by atoms with E-state index in [1.807, 2.05) is 40.6 Å². The van der Waals surface area contributed by atoms with Crippen molar-refractivity contribution in [2.24, 2.45) is 0 Å². The van der Waals surface area contributed by atoms with Crippen molar-refractivity contribution in [1.29, 1.82) is 0 Å². The Hall–Kier alpha value is -2.80. The minimum atomic E-state index is -0.403. The first-order valence-electron chi connectivity index (χ1n) is 8.30. The lowest BCUT2D eigenvalue weighted by Crippen LogP contribution is -2.48. The zero-order valence-corrected chi connectivity index (χ0v) is 15.0. The zero-order chi connectivity index (χ0) is 18.4. The van der Waals surface area contributed by atoms with Crippen molar-refractivity contribution in [2.45, 2.75) is 4.90 Å². The molecular formula is C19H19N3O3S. The Kier molecular flexibility index (Phi) is 5.91. The number of benzene rings is 2. The molecule has 6 nitrogen and oxygen atoms in total. The van der Waals surface area contributed by atoms with E-state index in [1.165, 1.54) is 23.9 Å². The molecule has 0 aromatic heterocycles. The second kappa shape index (κ2) is 8.53. The highest BCUT2D eigenvalue weighted by atomic mass is 32.2. The second-order valence-electron chi connectivity index (χ2n) is 5.82. The van der Waals surface area contributed by atoms with Crippen LogP contribution in [0.5, 0.6) is 0 Å². The summed E-state index contributed by atoms with van der Waals surface area (Å²) < 4.78 is 0. The number of carbonyl (C=O) groups excluding carboxylic acids is 1. The van der Waals surface area contributed by atoms with Crippen LogP contribution in [0.25, 0.3) is 0 Å². The van der Waals surface area contributed by atoms with Crippen molar-refractivity contribution in [3.05, 3.63) is 76.2 Å². The average Bonchev–Trinajstić information content (AvgIpc) is 2.69. The maximum atomic E-state index is 12.3. The van der Waals surface area contributed by atoms with Crippen LogP contribution in [0.2, 0.25) is 0 Å². The van der Waals surface area contributed by atoms with Gasteiger partial charge in [-0.05, 0) is 29.7 Å². The molecule has 0 radical (unpaired) electrons. The number of thioether (sulfide) groups is 1. The molecule has 0 bridgehead atoms. The third-order valence-corrected chi connectivity index (χ3v) is 4.99. The van der Waals surface area contributed by atoms with E-state index in [0.717, 1.165) is 10.6 Å². The number of amides is 1. The molecule has 7 heteroatoms. The Labute approximate surface area is 156 Å². The molecule has 0 unspecified atom stereocenters. The van der Waals surface area contributed by atoms with Gasteiger partial charge in [-0.2, -0.15) is 0 Å². The van der Waals surface area contributed by atoms with Crippen molar-refractivity contribution >= 4 is 29.0 Å². The first-order valence-corrected chi connectivity index (χ1v) is 9.18. The molecule has 134 valence electrons. The van der Waals surface area contributed by atoms with E-state index in [4.69, 9.17) is 0 Å². The Morgan fingerprint density at radius 3 is 2.27 bits per heavy atom. The van der Waals surface area contributed by atoms with E-state index < -0.39 is 4.92 Å². The number of nitro groups is 1. The van der Waals surface area contributed by atoms with E-state index in [0.29, 0.717) is 26.2 Å². The van der Waals surface area contributed by atoms with Crippen LogP contribution in [0.1, 0.15) is 0 Å². The summed E-state index contributed by atoms with van der Waals surface area (Å²) >= 11 is 1.52. The predicted molar refractivity (Wildman–Crippen MR) is 103 cm³/mol. The van der Waals surface area contributed by atoms with Gasteiger partial charge in [-0.15, -0.1) is 0 Å². The van der Waals surface area contributed by atoms with Crippen LogP contribution in [0, 0.1) is 10.1 Å². The number of hydrogen-bond donors (Lipinski definition) is 0. The first-order chi connectivity index (χ1) is 12.6. The van der Waals surface area contributed by atoms with Gasteiger partial charge in [0, 0.05) is 55.0 Å². The fraction of sp³-hybridized carbons (Fsp3) is 0.211. The smallest absolute Gasteiger partial charge is 0.269 e. The molecule has 1 heterocycles. The molecule has 1 aliphatic heterocycles. The highest BCUT2D eigenvalue weighted by Gasteiger charge is 2.20. The van der Waals surface area contributed by atoms with E-state index in [1.54, 1.807) is 18.2 Å². The largest absolute Gasteiger partial charge is 0.368 e. The Morgan fingerprint density at radius 2 is 1.65 bits per heavy atom. The van der Waals surface area contributed by atoms with Crippen molar-refractivity contribution in [1.82, 2.24) is 4.90 Å². The second-order valence-corrected chi connectivity index (χ2v) is 6.80. The minimum absolute atomic E-state index is 0.0109. The van der Waals surface area contributed by atoms with Crippen molar-refractivity contribution < 1.29 is 9.72 Å². The minimum Gasteiger partial charge on any atom is -0.368 e. The number of nitro benzene ring substituents is 1. The number of rotatable bonds is 5. The zero-order valence-electron chi connectivity index (χ0n) is 14.2. The molecule has 26 heavy (non-hydrogen) atoms. The van der Waals surface area contributed by atoms with E-state index in [2.05, 4.69) is 4.90 Å². The Balaban J connectivity index is 1.49. The number of nitrogens with zero attached hydrogens (tertiary/aromatic N) is 3. The van der Waals surface area contributed by atoms with Crippen molar-refractivity contribution in [3.8, 4) is 0 Å². The number of piperazine rings is 1. The van der Waals surface area contributed by atoms with Crippen LogP contribution in [0.4, 0.5) is 11.4 Å². The summed E-state index contributed by atoms with van der Waals surface area (Å²) in [6.45, 7) is 2.69. The average molecular weight is 369 g/mol. The third-order valence-electron chi connectivity index (χ3n) is 4.17. The molecule has 0 N–H and O–H groups in total. The molecule has 2 aromatic rings. The summed E-state index contributed by atoms with van der Waals surface area (Å²) in [5, 5.41) is 12.5. The third kappa shape index (κ3) is 4.64. The summed E-state index contributed by atoms with van der Waals surface area (Å²) in [4.78, 5) is 27.7. The van der Waals surface area contributed by atoms with Crippen molar-refractivity contribution in [2.75, 3.05) is 31.1 Å². The van der Waals surface area contributed by atoms with Crippen LogP contribution < -0.4 is 4.90 Å². The van der Waals surface area contributed by atoms with Gasteiger partial charge in [0.2, 0.25) is 5.91 Å². The number of carbonyl (C=O) groups is 1. The molecule has 1 aliphatic rings. The molecule has 1 saturated heterocycles. The summed E-state index contributed by atoms with van der Waals surface area (Å²) in [5.74, 6) is 0.0109. The molecule has 3 rings (SSSR count). The van der Waals surface area contributed by atoms with E-state index in [-0.39, 0.29) is 11.6 Å². The van der Waals surface area contributed by atoms with Crippen LogP contribution in [0.15, 0.2) is 71.0 Å². The normalized spacial score (nSPS) is 14.6. The molecule has 0 spiro atoms. The lowest BCUT2D eigenvalue weighted by Gasteiger charge is -2.35. The number of anilines is 1. The van der Waals surface area contributed by atoms with Gasteiger partial charge in [-0.3, -0.25) is 14.9 Å². The van der Waals surface area contributed by atoms with E-state index >= 15 is 0 Å². The van der Waals surface area contributed by atoms with Gasteiger partial charge in [0.25, 0.3) is 5.69 Å². The maximum absolute atomic E-state index is 12.3. The topological polar surface area (TPSA) is 66.7 Å². The maximum Gasteiger partial charge on any atom is 0.269 e. The highest BCUT2D eigenvalue weighted by molar-refractivity contribution is 8.02. The molecular weight excluding hydrogens is 350 g/mol. The molecule has 0 atom stereocenters. The van der Waals surface area contributed by atoms with Crippen LogP contribution >= 0.6 is 11.8 Å². The van der Waals surface area contributed by atoms with Crippen LogP contribution in [-0.4, -0.2) is 41.9 Å². The molecule has 2 aromatic carbocycles. The highest BCUT2D eigenvalue weighted by Crippen LogP contribution is 2.21. The van der Waals surface area contributed by atoms with Gasteiger partial charge < -0.3 is 9.80 Å². The fourth-order valence-corrected chi connectivity index (χ4v) is 3.40. The fourth-order valence-electron chi connectivity index (χ4n) is 2.75. The van der Waals surface area contributed by atoms with Crippen LogP contribution in [0.3, 0.4) is 0 Å². The molecule has 0 saturated carbocycles. The summed E-state index contributed by atoms with van der Waals surface area (Å²) in [6, 6.07) is 16.4. The van der Waals surface area contributed by atoms with Gasteiger partial charge in [0.15, 0.2) is 0 Å². The first kappa shape index (κ1) is 18.0. The summed E-state index contributed by atoms with van der Waals surface area (Å²) in [5.41, 5.74) is 1.03. The van der Waals surface area contributed by atoms with Gasteiger partial charge in [0.1, 0.15) is 0 Å². The molecule has 1 amide bonds. The molecule has 0 aliphatic carbocycles. The predicted octanol–water partition coefficient (Wildman–Crippen LogP) is 3.55. The molecule has 1 fully saturated rings. The SMILES string of the molecule is O=C(/C=C/Sc1ccccc1)N1CCN(c2ccc([N+](=O)[O-])cc2)CC1. The van der Waals surface area contributed by atoms with Gasteiger partial charge in [-0.1, -0.05) is 30.0 Å². The quantitative estimate of drug-likeness (QED) is 0.349. The lowest BCUT2D eigenvalue weighted by molar-refractivity contribution is -0.384. The summed E-state index contributed by atoms with van der Waals surface area (Å²) in [6.07, 6.45) is 1.61. The monoisotopic (exact) mass is 369 g/mol. The van der Waals surface area contributed by atoms with E-state index in [9.17, 15) is 14.9 Å². The van der Waals surface area contributed by atoms with Gasteiger partial charge in [0.05, 0.1) is 4.92 Å². The van der Waals surface area contributed by atoms with Gasteiger partial charge in [-0.25, -0.2) is 0 Å². The summed E-state index contributed by atoms with van der Waals surface area (Å²) in [7, 11) is 0. The van der Waals surface area contributed by atoms with Crippen molar-refractivity contribution in [3.63, 3.8) is 0 Å². The number of non-ortho nitro benzene ring substituents is 1. The van der Waals surface area contributed by atoms with Crippen LogP contribution in [-0.2, 0) is 4.79 Å². The standard InChI is InChI=1S/C19H19N3O3S/c23-19(10-15-26-18-4-2-1-3-5-18)21-13-11-20(12-14-21)16-6-8-17(9-7-16)22(24)25/h1-10,15H,11-14H2/b15-10+. The Morgan fingerprint density at radius 1 is 1.00 bits per heavy atom. The van der Waals surface area contributed by atoms with Gasteiger partial charge >= 0.3 is 0 Å². The number of hydrogen-bond acceptors (Lipinski definition) is 5. The Bertz CT molecular complexity index is 785. The lowest BCUT2D eigenvalue weighted by atomic mass is 10.2.